The monoisotopic (exact) mass is 208 g/mol. The number of benzene rings is 1. The van der Waals surface area contributed by atoms with Gasteiger partial charge in [-0.15, -0.1) is 11.6 Å². The van der Waals surface area contributed by atoms with Crippen molar-refractivity contribution < 1.29 is 4.79 Å². The fourth-order valence-corrected chi connectivity index (χ4v) is 1.12. The Kier molecular flexibility index (Phi) is 3.96. The van der Waals surface area contributed by atoms with Gasteiger partial charge in [-0.05, 0) is 11.6 Å². The molecule has 0 unspecified atom stereocenters. The summed E-state index contributed by atoms with van der Waals surface area (Å²) in [7, 11) is 0. The summed E-state index contributed by atoms with van der Waals surface area (Å²) in [5.74, 6) is -0.297. The predicted octanol–water partition coefficient (Wildman–Crippen LogP) is 1.41. The van der Waals surface area contributed by atoms with Crippen LogP contribution in [0.4, 0.5) is 0 Å². The summed E-state index contributed by atoms with van der Waals surface area (Å²) in [4.78, 5) is 10.9. The van der Waals surface area contributed by atoms with E-state index < -0.39 is 0 Å². The molecule has 1 aromatic carbocycles. The first kappa shape index (κ1) is 10.6. The highest BCUT2D eigenvalue weighted by Gasteiger charge is 2.02. The SMILES string of the molecule is N#Cc1ccccc1CNC(=O)CCl. The van der Waals surface area contributed by atoms with Gasteiger partial charge in [-0.25, -0.2) is 0 Å². The van der Waals surface area contributed by atoms with E-state index >= 15 is 0 Å². The van der Waals surface area contributed by atoms with Gasteiger partial charge in [-0.3, -0.25) is 4.79 Å². The molecule has 0 saturated carbocycles. The second-order valence-electron chi connectivity index (χ2n) is 2.68. The lowest BCUT2D eigenvalue weighted by atomic mass is 10.1. The van der Waals surface area contributed by atoms with Crippen molar-refractivity contribution >= 4 is 17.5 Å². The molecule has 14 heavy (non-hydrogen) atoms. The standard InChI is InChI=1S/C10H9ClN2O/c11-5-10(14)13-7-9-4-2-1-3-8(9)6-12/h1-4H,5,7H2,(H,13,14). The third-order valence-electron chi connectivity index (χ3n) is 1.74. The minimum absolute atomic E-state index is 0.0608. The van der Waals surface area contributed by atoms with Crippen molar-refractivity contribution in [3.63, 3.8) is 0 Å². The summed E-state index contributed by atoms with van der Waals surface area (Å²) >= 11 is 5.31. The van der Waals surface area contributed by atoms with Crippen LogP contribution >= 0.6 is 11.6 Å². The smallest absolute Gasteiger partial charge is 0.235 e. The molecule has 0 saturated heterocycles. The second kappa shape index (κ2) is 5.25. The number of rotatable bonds is 3. The summed E-state index contributed by atoms with van der Waals surface area (Å²) < 4.78 is 0. The molecule has 0 heterocycles. The quantitative estimate of drug-likeness (QED) is 0.764. The molecular weight excluding hydrogens is 200 g/mol. The maximum Gasteiger partial charge on any atom is 0.235 e. The number of amides is 1. The molecule has 0 atom stereocenters. The molecule has 1 rings (SSSR count). The minimum Gasteiger partial charge on any atom is -0.351 e. The van der Waals surface area contributed by atoms with Gasteiger partial charge in [0.25, 0.3) is 0 Å². The van der Waals surface area contributed by atoms with E-state index in [1.54, 1.807) is 18.2 Å². The minimum atomic E-state index is -0.237. The fourth-order valence-electron chi connectivity index (χ4n) is 1.02. The van der Waals surface area contributed by atoms with E-state index in [-0.39, 0.29) is 11.8 Å². The Morgan fingerprint density at radius 2 is 2.21 bits per heavy atom. The molecule has 0 bridgehead atoms. The molecule has 72 valence electrons. The average molecular weight is 209 g/mol. The van der Waals surface area contributed by atoms with Crippen LogP contribution in [0.2, 0.25) is 0 Å². The van der Waals surface area contributed by atoms with E-state index in [0.717, 1.165) is 5.56 Å². The number of hydrogen-bond donors (Lipinski definition) is 1. The molecule has 3 nitrogen and oxygen atoms in total. The molecule has 0 aromatic heterocycles. The summed E-state index contributed by atoms with van der Waals surface area (Å²) in [5, 5.41) is 11.4. The van der Waals surface area contributed by atoms with Gasteiger partial charge in [-0.2, -0.15) is 5.26 Å². The van der Waals surface area contributed by atoms with Gasteiger partial charge in [0, 0.05) is 6.54 Å². The molecular formula is C10H9ClN2O. The van der Waals surface area contributed by atoms with E-state index in [1.807, 2.05) is 6.07 Å². The van der Waals surface area contributed by atoms with Gasteiger partial charge in [0.15, 0.2) is 0 Å². The van der Waals surface area contributed by atoms with Crippen LogP contribution in [0.25, 0.3) is 0 Å². The highest BCUT2D eigenvalue weighted by Crippen LogP contribution is 2.06. The van der Waals surface area contributed by atoms with Crippen LogP contribution in [0.3, 0.4) is 0 Å². The van der Waals surface area contributed by atoms with Crippen LogP contribution in [-0.2, 0) is 11.3 Å². The maximum atomic E-state index is 10.9. The lowest BCUT2D eigenvalue weighted by Gasteiger charge is -2.04. The van der Waals surface area contributed by atoms with Crippen LogP contribution in [0, 0.1) is 11.3 Å². The first-order valence-electron chi connectivity index (χ1n) is 4.08. The molecule has 0 aliphatic heterocycles. The number of carbonyl (C=O) groups excluding carboxylic acids is 1. The molecule has 1 N–H and O–H groups in total. The Balaban J connectivity index is 2.68. The van der Waals surface area contributed by atoms with Gasteiger partial charge in [0.2, 0.25) is 5.91 Å². The molecule has 0 fully saturated rings. The molecule has 0 aliphatic carbocycles. The molecule has 1 aromatic rings. The van der Waals surface area contributed by atoms with E-state index in [2.05, 4.69) is 11.4 Å². The summed E-state index contributed by atoms with van der Waals surface area (Å²) in [5.41, 5.74) is 1.37. The van der Waals surface area contributed by atoms with Crippen molar-refractivity contribution in [2.24, 2.45) is 0 Å². The highest BCUT2D eigenvalue weighted by atomic mass is 35.5. The first-order valence-corrected chi connectivity index (χ1v) is 4.62. The first-order chi connectivity index (χ1) is 6.77. The van der Waals surface area contributed by atoms with Crippen molar-refractivity contribution in [1.82, 2.24) is 5.32 Å². The van der Waals surface area contributed by atoms with Gasteiger partial charge < -0.3 is 5.32 Å². The molecule has 0 aliphatic rings. The Bertz CT molecular complexity index is 371. The third kappa shape index (κ3) is 2.75. The number of nitrogens with one attached hydrogen (secondary N) is 1. The number of nitriles is 1. The zero-order chi connectivity index (χ0) is 10.4. The summed E-state index contributed by atoms with van der Waals surface area (Å²) in [6.07, 6.45) is 0. The van der Waals surface area contributed by atoms with Crippen LogP contribution in [0.5, 0.6) is 0 Å². The topological polar surface area (TPSA) is 52.9 Å². The normalized spacial score (nSPS) is 9.14. The summed E-state index contributed by atoms with van der Waals surface area (Å²) in [6, 6.07) is 9.17. The van der Waals surface area contributed by atoms with Gasteiger partial charge in [0.05, 0.1) is 11.6 Å². The molecule has 4 heteroatoms. The second-order valence-corrected chi connectivity index (χ2v) is 2.95. The van der Waals surface area contributed by atoms with Crippen LogP contribution in [-0.4, -0.2) is 11.8 Å². The Morgan fingerprint density at radius 1 is 1.50 bits per heavy atom. The van der Waals surface area contributed by atoms with Crippen LogP contribution in [0.15, 0.2) is 24.3 Å². The zero-order valence-corrected chi connectivity index (χ0v) is 8.21. The number of nitrogens with zero attached hydrogens (tertiary/aromatic N) is 1. The number of carbonyl (C=O) groups is 1. The van der Waals surface area contributed by atoms with E-state index in [4.69, 9.17) is 16.9 Å². The number of alkyl halides is 1. The van der Waals surface area contributed by atoms with E-state index in [0.29, 0.717) is 12.1 Å². The Morgan fingerprint density at radius 3 is 2.86 bits per heavy atom. The fraction of sp³-hybridized carbons (Fsp3) is 0.200. The van der Waals surface area contributed by atoms with Gasteiger partial charge in [-0.1, -0.05) is 18.2 Å². The Hall–Kier alpha value is -1.53. The van der Waals surface area contributed by atoms with Crippen molar-refractivity contribution in [3.8, 4) is 6.07 Å². The van der Waals surface area contributed by atoms with E-state index in [9.17, 15) is 4.79 Å². The summed E-state index contributed by atoms with van der Waals surface area (Å²) in [6.45, 7) is 0.343. The number of hydrogen-bond acceptors (Lipinski definition) is 2. The van der Waals surface area contributed by atoms with Gasteiger partial charge >= 0.3 is 0 Å². The Labute approximate surface area is 87.3 Å². The molecule has 1 amide bonds. The third-order valence-corrected chi connectivity index (χ3v) is 1.98. The highest BCUT2D eigenvalue weighted by molar-refractivity contribution is 6.27. The molecule has 0 spiro atoms. The van der Waals surface area contributed by atoms with Gasteiger partial charge in [0.1, 0.15) is 5.88 Å². The predicted molar refractivity (Wildman–Crippen MR) is 53.7 cm³/mol. The van der Waals surface area contributed by atoms with Crippen molar-refractivity contribution in [1.29, 1.82) is 5.26 Å². The van der Waals surface area contributed by atoms with E-state index in [1.165, 1.54) is 0 Å². The number of halogens is 1. The van der Waals surface area contributed by atoms with Crippen LogP contribution < -0.4 is 5.32 Å². The van der Waals surface area contributed by atoms with Crippen molar-refractivity contribution in [2.75, 3.05) is 5.88 Å². The zero-order valence-electron chi connectivity index (χ0n) is 7.46. The maximum absolute atomic E-state index is 10.9. The molecule has 0 radical (unpaired) electrons. The lowest BCUT2D eigenvalue weighted by molar-refractivity contribution is -0.118. The average Bonchev–Trinajstić information content (AvgIpc) is 2.26. The largest absolute Gasteiger partial charge is 0.351 e. The lowest BCUT2D eigenvalue weighted by Crippen LogP contribution is -2.24. The van der Waals surface area contributed by atoms with Crippen molar-refractivity contribution in [3.05, 3.63) is 35.4 Å². The van der Waals surface area contributed by atoms with Crippen LogP contribution in [0.1, 0.15) is 11.1 Å². The van der Waals surface area contributed by atoms with Crippen molar-refractivity contribution in [2.45, 2.75) is 6.54 Å².